The lowest BCUT2D eigenvalue weighted by Gasteiger charge is -2.17. The van der Waals surface area contributed by atoms with Crippen molar-refractivity contribution in [1.29, 1.82) is 0 Å². The summed E-state index contributed by atoms with van der Waals surface area (Å²) in [7, 11) is 0. The minimum Gasteiger partial charge on any atom is -0.326 e. The lowest BCUT2D eigenvalue weighted by atomic mass is 10.0. The van der Waals surface area contributed by atoms with Crippen LogP contribution in [0.25, 0.3) is 0 Å². The topological polar surface area (TPSA) is 29.1 Å². The summed E-state index contributed by atoms with van der Waals surface area (Å²) in [5, 5.41) is 2.91. The molecule has 0 unspecified atom stereocenters. The van der Waals surface area contributed by atoms with Gasteiger partial charge in [-0.3, -0.25) is 4.79 Å². The quantitative estimate of drug-likeness (QED) is 0.755. The molecular formula is C11H13NOS. The zero-order chi connectivity index (χ0) is 9.97. The molecule has 1 aromatic rings. The second-order valence-corrected chi connectivity index (χ2v) is 4.64. The van der Waals surface area contributed by atoms with Gasteiger partial charge < -0.3 is 5.32 Å². The molecule has 2 rings (SSSR count). The van der Waals surface area contributed by atoms with E-state index in [-0.39, 0.29) is 5.91 Å². The summed E-state index contributed by atoms with van der Waals surface area (Å²) < 4.78 is 0. The van der Waals surface area contributed by atoms with Gasteiger partial charge in [-0.05, 0) is 29.9 Å². The molecule has 0 aromatic heterocycles. The van der Waals surface area contributed by atoms with Crippen LogP contribution in [0.2, 0.25) is 0 Å². The summed E-state index contributed by atoms with van der Waals surface area (Å²) in [6, 6.07) is 6.32. The van der Waals surface area contributed by atoms with Crippen LogP contribution < -0.4 is 5.32 Å². The Morgan fingerprint density at radius 3 is 3.07 bits per heavy atom. The van der Waals surface area contributed by atoms with E-state index in [9.17, 15) is 4.79 Å². The summed E-state index contributed by atoms with van der Waals surface area (Å²) in [6.07, 6.45) is 1.49. The number of fused-ring (bicyclic) bond motifs is 1. The summed E-state index contributed by atoms with van der Waals surface area (Å²) in [4.78, 5) is 12.4. The Hall–Kier alpha value is -0.960. The van der Waals surface area contributed by atoms with E-state index in [0.717, 1.165) is 17.9 Å². The second kappa shape index (κ2) is 4.05. The molecule has 0 fully saturated rings. The van der Waals surface area contributed by atoms with Gasteiger partial charge in [0, 0.05) is 17.0 Å². The third-order valence-electron chi connectivity index (χ3n) is 2.29. The van der Waals surface area contributed by atoms with Crippen LogP contribution in [-0.2, 0) is 11.2 Å². The summed E-state index contributed by atoms with van der Waals surface area (Å²) in [6.45, 7) is 2.13. The molecule has 1 aliphatic heterocycles. The maximum Gasteiger partial charge on any atom is 0.224 e. The first-order valence-corrected chi connectivity index (χ1v) is 5.83. The predicted molar refractivity (Wildman–Crippen MR) is 59.8 cm³/mol. The van der Waals surface area contributed by atoms with Gasteiger partial charge in [0.1, 0.15) is 0 Å². The highest BCUT2D eigenvalue weighted by atomic mass is 32.2. The fourth-order valence-electron chi connectivity index (χ4n) is 1.61. The molecule has 0 bridgehead atoms. The van der Waals surface area contributed by atoms with E-state index in [0.29, 0.717) is 6.42 Å². The second-order valence-electron chi connectivity index (χ2n) is 3.30. The molecule has 1 N–H and O–H groups in total. The van der Waals surface area contributed by atoms with Crippen LogP contribution in [0.1, 0.15) is 18.9 Å². The molecule has 14 heavy (non-hydrogen) atoms. The molecule has 2 nitrogen and oxygen atoms in total. The number of anilines is 1. The Bertz CT molecular complexity index is 362. The Kier molecular flexibility index (Phi) is 2.77. The third kappa shape index (κ3) is 1.93. The third-order valence-corrected chi connectivity index (χ3v) is 3.16. The lowest BCUT2D eigenvalue weighted by molar-refractivity contribution is -0.116. The van der Waals surface area contributed by atoms with Crippen LogP contribution >= 0.6 is 11.8 Å². The van der Waals surface area contributed by atoms with Crippen LogP contribution in [-0.4, -0.2) is 11.7 Å². The van der Waals surface area contributed by atoms with E-state index in [1.165, 1.54) is 10.5 Å². The molecule has 0 aliphatic carbocycles. The van der Waals surface area contributed by atoms with Crippen LogP contribution in [0.15, 0.2) is 23.1 Å². The van der Waals surface area contributed by atoms with Crippen LogP contribution in [0, 0.1) is 0 Å². The highest BCUT2D eigenvalue weighted by Crippen LogP contribution is 2.28. The average molecular weight is 207 g/mol. The van der Waals surface area contributed by atoms with Crippen molar-refractivity contribution in [2.75, 3.05) is 11.1 Å². The maximum absolute atomic E-state index is 11.2. The van der Waals surface area contributed by atoms with Gasteiger partial charge in [-0.15, -0.1) is 11.8 Å². The molecule has 3 heteroatoms. The smallest absolute Gasteiger partial charge is 0.224 e. The highest BCUT2D eigenvalue weighted by molar-refractivity contribution is 7.99. The van der Waals surface area contributed by atoms with Crippen molar-refractivity contribution in [2.45, 2.75) is 24.7 Å². The normalized spacial score (nSPS) is 14.8. The van der Waals surface area contributed by atoms with Gasteiger partial charge in [0.2, 0.25) is 5.91 Å². The molecular weight excluding hydrogens is 194 g/mol. The number of nitrogens with one attached hydrogen (secondary N) is 1. The zero-order valence-corrected chi connectivity index (χ0v) is 8.99. The Morgan fingerprint density at radius 1 is 1.43 bits per heavy atom. The van der Waals surface area contributed by atoms with Gasteiger partial charge in [0.25, 0.3) is 0 Å². The molecule has 0 spiro atoms. The van der Waals surface area contributed by atoms with Gasteiger partial charge in [-0.1, -0.05) is 13.0 Å². The molecule has 1 amide bonds. The summed E-state index contributed by atoms with van der Waals surface area (Å²) in [5.41, 5.74) is 2.25. The monoisotopic (exact) mass is 207 g/mol. The number of carbonyl (C=O) groups excluding carboxylic acids is 1. The van der Waals surface area contributed by atoms with Crippen molar-refractivity contribution in [1.82, 2.24) is 0 Å². The lowest BCUT2D eigenvalue weighted by Crippen LogP contribution is -2.18. The van der Waals surface area contributed by atoms with Crippen LogP contribution in [0.5, 0.6) is 0 Å². The van der Waals surface area contributed by atoms with Gasteiger partial charge in [-0.25, -0.2) is 0 Å². The minimum atomic E-state index is 0.135. The van der Waals surface area contributed by atoms with E-state index >= 15 is 0 Å². The zero-order valence-electron chi connectivity index (χ0n) is 8.17. The number of benzene rings is 1. The standard InChI is InChI=1S/C11H13NOS/c1-2-14-9-5-3-8-4-6-11(13)12-10(8)7-9/h3,5,7H,2,4,6H2,1H3,(H,12,13). The van der Waals surface area contributed by atoms with Crippen molar-refractivity contribution in [3.05, 3.63) is 23.8 Å². The first-order chi connectivity index (χ1) is 6.79. The molecule has 0 radical (unpaired) electrons. The summed E-state index contributed by atoms with van der Waals surface area (Å²) >= 11 is 1.80. The largest absolute Gasteiger partial charge is 0.326 e. The van der Waals surface area contributed by atoms with Gasteiger partial charge >= 0.3 is 0 Å². The van der Waals surface area contributed by atoms with Crippen molar-refractivity contribution in [3.8, 4) is 0 Å². The average Bonchev–Trinajstić information content (AvgIpc) is 2.17. The number of thioether (sulfide) groups is 1. The predicted octanol–water partition coefficient (Wildman–Crippen LogP) is 2.68. The molecule has 0 atom stereocenters. The number of rotatable bonds is 2. The number of aryl methyl sites for hydroxylation is 1. The van der Waals surface area contributed by atoms with Crippen molar-refractivity contribution in [2.24, 2.45) is 0 Å². The van der Waals surface area contributed by atoms with Crippen molar-refractivity contribution >= 4 is 23.4 Å². The SMILES string of the molecule is CCSc1ccc2c(c1)NC(=O)CC2. The fourth-order valence-corrected chi connectivity index (χ4v) is 2.31. The molecule has 1 heterocycles. The van der Waals surface area contributed by atoms with E-state index in [2.05, 4.69) is 30.4 Å². The van der Waals surface area contributed by atoms with E-state index in [4.69, 9.17) is 0 Å². The Balaban J connectivity index is 2.28. The first-order valence-electron chi connectivity index (χ1n) is 4.85. The Morgan fingerprint density at radius 2 is 2.29 bits per heavy atom. The van der Waals surface area contributed by atoms with Gasteiger partial charge in [-0.2, -0.15) is 0 Å². The van der Waals surface area contributed by atoms with Crippen LogP contribution in [0.4, 0.5) is 5.69 Å². The number of hydrogen-bond donors (Lipinski definition) is 1. The molecule has 1 aromatic carbocycles. The van der Waals surface area contributed by atoms with Gasteiger partial charge in [0.05, 0.1) is 0 Å². The highest BCUT2D eigenvalue weighted by Gasteiger charge is 2.14. The molecule has 0 saturated heterocycles. The van der Waals surface area contributed by atoms with E-state index < -0.39 is 0 Å². The van der Waals surface area contributed by atoms with Crippen LogP contribution in [0.3, 0.4) is 0 Å². The van der Waals surface area contributed by atoms with Gasteiger partial charge in [0.15, 0.2) is 0 Å². The first kappa shape index (κ1) is 9.59. The number of amides is 1. The fraction of sp³-hybridized carbons (Fsp3) is 0.364. The summed E-state index contributed by atoms with van der Waals surface area (Å²) in [5.74, 6) is 1.20. The molecule has 0 saturated carbocycles. The van der Waals surface area contributed by atoms with E-state index in [1.807, 2.05) is 0 Å². The molecule has 74 valence electrons. The Labute approximate surface area is 88.1 Å². The van der Waals surface area contributed by atoms with Crippen molar-refractivity contribution < 1.29 is 4.79 Å². The van der Waals surface area contributed by atoms with Crippen molar-refractivity contribution in [3.63, 3.8) is 0 Å². The maximum atomic E-state index is 11.2. The number of carbonyl (C=O) groups is 1. The molecule has 1 aliphatic rings. The van der Waals surface area contributed by atoms with E-state index in [1.54, 1.807) is 11.8 Å². The minimum absolute atomic E-state index is 0.135. The number of hydrogen-bond acceptors (Lipinski definition) is 2.